The maximum atomic E-state index is 5.07. The van der Waals surface area contributed by atoms with Crippen molar-refractivity contribution in [3.8, 4) is 0 Å². The molecule has 0 fully saturated rings. The predicted octanol–water partition coefficient (Wildman–Crippen LogP) is 2.64. The van der Waals surface area contributed by atoms with Gasteiger partial charge in [-0.3, -0.25) is 4.68 Å². The number of rotatable bonds is 5. The van der Waals surface area contributed by atoms with Gasteiger partial charge in [0.15, 0.2) is 0 Å². The zero-order chi connectivity index (χ0) is 11.4. The van der Waals surface area contributed by atoms with Crippen LogP contribution in [0.2, 0.25) is 0 Å². The summed E-state index contributed by atoms with van der Waals surface area (Å²) in [6, 6.07) is 8.42. The third-order valence-electron chi connectivity index (χ3n) is 2.79. The number of methoxy groups -OCH3 is 1. The van der Waals surface area contributed by atoms with Crippen molar-refractivity contribution in [1.29, 1.82) is 0 Å². The molecule has 16 heavy (non-hydrogen) atoms. The topological polar surface area (TPSA) is 27.1 Å². The van der Waals surface area contributed by atoms with Gasteiger partial charge in [0.2, 0.25) is 0 Å². The first-order valence-electron chi connectivity index (χ1n) is 5.80. The van der Waals surface area contributed by atoms with Crippen LogP contribution in [0.25, 0.3) is 10.9 Å². The maximum Gasteiger partial charge on any atom is 0.0700 e. The van der Waals surface area contributed by atoms with Crippen LogP contribution in [0.3, 0.4) is 0 Å². The van der Waals surface area contributed by atoms with Gasteiger partial charge in [0.25, 0.3) is 0 Å². The number of aryl methyl sites for hydroxylation is 2. The fourth-order valence-corrected chi connectivity index (χ4v) is 1.99. The molecule has 0 aliphatic heterocycles. The Hall–Kier alpha value is -1.35. The van der Waals surface area contributed by atoms with E-state index in [1.807, 2.05) is 0 Å². The second-order valence-electron chi connectivity index (χ2n) is 3.89. The van der Waals surface area contributed by atoms with Crippen LogP contribution in [-0.4, -0.2) is 23.5 Å². The Bertz CT molecular complexity index is 462. The molecule has 1 heterocycles. The first kappa shape index (κ1) is 11.1. The summed E-state index contributed by atoms with van der Waals surface area (Å²) in [7, 11) is 1.73. The van der Waals surface area contributed by atoms with Gasteiger partial charge in [0.1, 0.15) is 0 Å². The van der Waals surface area contributed by atoms with Crippen LogP contribution in [0, 0.1) is 0 Å². The van der Waals surface area contributed by atoms with Gasteiger partial charge >= 0.3 is 0 Å². The van der Waals surface area contributed by atoms with Gasteiger partial charge in [-0.15, -0.1) is 0 Å². The highest BCUT2D eigenvalue weighted by Gasteiger charge is 2.07. The van der Waals surface area contributed by atoms with E-state index in [0.29, 0.717) is 0 Å². The van der Waals surface area contributed by atoms with Crippen LogP contribution in [0.1, 0.15) is 19.0 Å². The molecule has 1 aromatic carbocycles. The Balaban J connectivity index is 2.30. The molecule has 0 aliphatic carbocycles. The van der Waals surface area contributed by atoms with Crippen molar-refractivity contribution in [2.75, 3.05) is 13.7 Å². The molecule has 2 rings (SSSR count). The number of ether oxygens (including phenoxy) is 1. The fourth-order valence-electron chi connectivity index (χ4n) is 1.99. The molecule has 0 N–H and O–H groups in total. The number of hydrogen-bond acceptors (Lipinski definition) is 2. The molecule has 0 saturated carbocycles. The number of hydrogen-bond donors (Lipinski definition) is 0. The Morgan fingerprint density at radius 3 is 2.88 bits per heavy atom. The molecule has 0 atom stereocenters. The van der Waals surface area contributed by atoms with Crippen molar-refractivity contribution in [2.45, 2.75) is 26.3 Å². The van der Waals surface area contributed by atoms with E-state index in [9.17, 15) is 0 Å². The summed E-state index contributed by atoms with van der Waals surface area (Å²) in [4.78, 5) is 0. The minimum absolute atomic E-state index is 0.787. The first-order chi connectivity index (χ1) is 7.86. The van der Waals surface area contributed by atoms with Gasteiger partial charge in [-0.05, 0) is 18.9 Å². The smallest absolute Gasteiger partial charge is 0.0700 e. The highest BCUT2D eigenvalue weighted by molar-refractivity contribution is 5.81. The van der Waals surface area contributed by atoms with E-state index in [2.05, 4.69) is 41.0 Å². The van der Waals surface area contributed by atoms with Crippen molar-refractivity contribution in [3.63, 3.8) is 0 Å². The summed E-state index contributed by atoms with van der Waals surface area (Å²) in [5, 5.41) is 5.92. The van der Waals surface area contributed by atoms with Crippen molar-refractivity contribution < 1.29 is 4.74 Å². The molecule has 3 heteroatoms. The zero-order valence-electron chi connectivity index (χ0n) is 9.94. The molecular formula is C13H18N2O. The molecule has 0 amide bonds. The van der Waals surface area contributed by atoms with Crippen LogP contribution >= 0.6 is 0 Å². The molecule has 0 bridgehead atoms. The van der Waals surface area contributed by atoms with Gasteiger partial charge in [-0.25, -0.2) is 0 Å². The van der Waals surface area contributed by atoms with E-state index in [1.54, 1.807) is 7.11 Å². The number of para-hydroxylation sites is 1. The van der Waals surface area contributed by atoms with Crippen LogP contribution in [-0.2, 0) is 17.7 Å². The molecular weight excluding hydrogens is 200 g/mol. The van der Waals surface area contributed by atoms with Crippen LogP contribution in [0.4, 0.5) is 0 Å². The van der Waals surface area contributed by atoms with Gasteiger partial charge in [0.05, 0.1) is 11.2 Å². The first-order valence-corrected chi connectivity index (χ1v) is 5.80. The summed E-state index contributed by atoms with van der Waals surface area (Å²) in [5.41, 5.74) is 2.42. The van der Waals surface area contributed by atoms with Gasteiger partial charge in [0, 0.05) is 25.6 Å². The third-order valence-corrected chi connectivity index (χ3v) is 2.79. The van der Waals surface area contributed by atoms with Crippen molar-refractivity contribution in [3.05, 3.63) is 30.0 Å². The van der Waals surface area contributed by atoms with Gasteiger partial charge in [-0.1, -0.05) is 25.1 Å². The lowest BCUT2D eigenvalue weighted by Crippen LogP contribution is -2.03. The van der Waals surface area contributed by atoms with E-state index in [0.717, 1.165) is 26.0 Å². The van der Waals surface area contributed by atoms with Crippen molar-refractivity contribution in [1.82, 2.24) is 9.78 Å². The highest BCUT2D eigenvalue weighted by atomic mass is 16.5. The largest absolute Gasteiger partial charge is 0.385 e. The lowest BCUT2D eigenvalue weighted by Gasteiger charge is -2.02. The second kappa shape index (κ2) is 5.12. The average molecular weight is 218 g/mol. The maximum absolute atomic E-state index is 5.07. The Morgan fingerprint density at radius 2 is 2.12 bits per heavy atom. The normalized spacial score (nSPS) is 11.1. The van der Waals surface area contributed by atoms with E-state index < -0.39 is 0 Å². The molecule has 1 aromatic heterocycles. The summed E-state index contributed by atoms with van der Waals surface area (Å²) >= 11 is 0. The number of nitrogens with zero attached hydrogens (tertiary/aromatic N) is 2. The van der Waals surface area contributed by atoms with Crippen LogP contribution in [0.15, 0.2) is 24.3 Å². The molecule has 0 spiro atoms. The summed E-state index contributed by atoms with van der Waals surface area (Å²) in [6.07, 6.45) is 1.99. The van der Waals surface area contributed by atoms with E-state index in [4.69, 9.17) is 4.74 Å². The number of aromatic nitrogens is 2. The fraction of sp³-hybridized carbons (Fsp3) is 0.462. The predicted molar refractivity (Wildman–Crippen MR) is 65.6 cm³/mol. The average Bonchev–Trinajstić information content (AvgIpc) is 2.68. The monoisotopic (exact) mass is 218 g/mol. The van der Waals surface area contributed by atoms with E-state index in [-0.39, 0.29) is 0 Å². The van der Waals surface area contributed by atoms with E-state index in [1.165, 1.54) is 16.6 Å². The summed E-state index contributed by atoms with van der Waals surface area (Å²) in [6.45, 7) is 3.86. The molecule has 0 unspecified atom stereocenters. The van der Waals surface area contributed by atoms with Crippen molar-refractivity contribution >= 4 is 10.9 Å². The third kappa shape index (κ3) is 2.09. The molecule has 3 nitrogen and oxygen atoms in total. The summed E-state index contributed by atoms with van der Waals surface area (Å²) < 4.78 is 7.16. The quantitative estimate of drug-likeness (QED) is 0.721. The number of fused-ring (bicyclic) bond motifs is 1. The minimum atomic E-state index is 0.787. The molecule has 86 valence electrons. The molecule has 0 saturated heterocycles. The molecule has 0 radical (unpaired) electrons. The molecule has 0 aliphatic rings. The Morgan fingerprint density at radius 1 is 1.31 bits per heavy atom. The van der Waals surface area contributed by atoms with Crippen LogP contribution in [0.5, 0.6) is 0 Å². The SMILES string of the molecule is CCc1nn(CCCOC)c2ccccc12. The lowest BCUT2D eigenvalue weighted by molar-refractivity contribution is 0.189. The van der Waals surface area contributed by atoms with Gasteiger partial charge in [-0.2, -0.15) is 5.10 Å². The van der Waals surface area contributed by atoms with Crippen LogP contribution < -0.4 is 0 Å². The lowest BCUT2D eigenvalue weighted by atomic mass is 10.2. The molecule has 2 aromatic rings. The van der Waals surface area contributed by atoms with Crippen molar-refractivity contribution in [2.24, 2.45) is 0 Å². The standard InChI is InChI=1S/C13H18N2O/c1-3-12-11-7-4-5-8-13(11)15(14-12)9-6-10-16-2/h4-5,7-8H,3,6,9-10H2,1-2H3. The summed E-state index contributed by atoms with van der Waals surface area (Å²) in [5.74, 6) is 0. The van der Waals surface area contributed by atoms with Gasteiger partial charge < -0.3 is 4.74 Å². The van der Waals surface area contributed by atoms with E-state index >= 15 is 0 Å². The Kier molecular flexibility index (Phi) is 3.57. The minimum Gasteiger partial charge on any atom is -0.385 e. The Labute approximate surface area is 96.0 Å². The number of benzene rings is 1. The zero-order valence-corrected chi connectivity index (χ0v) is 9.94. The highest BCUT2D eigenvalue weighted by Crippen LogP contribution is 2.18. The second-order valence-corrected chi connectivity index (χ2v) is 3.89.